The molecule has 1 aromatic carbocycles. The Morgan fingerprint density at radius 1 is 1.07 bits per heavy atom. The van der Waals surface area contributed by atoms with E-state index in [1.807, 2.05) is 6.07 Å². The molecule has 0 radical (unpaired) electrons. The highest BCUT2D eigenvalue weighted by atomic mass is 32.2. The number of hydrogen-bond acceptors (Lipinski definition) is 5. The molecule has 1 amide bonds. The zero-order chi connectivity index (χ0) is 20.0. The summed E-state index contributed by atoms with van der Waals surface area (Å²) < 4.78 is 24.9. The molecule has 2 aliphatic heterocycles. The number of rotatable bonds is 8. The lowest BCUT2D eigenvalue weighted by Gasteiger charge is -2.34. The molecule has 8 heteroatoms. The first-order valence-corrected chi connectivity index (χ1v) is 12.0. The summed E-state index contributed by atoms with van der Waals surface area (Å²) in [5.41, 5.74) is 1.36. The maximum Gasteiger partial charge on any atom is 0.238 e. The molecule has 1 unspecified atom stereocenters. The van der Waals surface area contributed by atoms with E-state index in [1.165, 1.54) is 16.1 Å². The third kappa shape index (κ3) is 6.01. The van der Waals surface area contributed by atoms with E-state index in [1.54, 1.807) is 0 Å². The number of nitrogens with one attached hydrogen (secondary N) is 1. The van der Waals surface area contributed by atoms with Gasteiger partial charge in [-0.25, -0.2) is 8.42 Å². The van der Waals surface area contributed by atoms with E-state index < -0.39 is 16.1 Å². The summed E-state index contributed by atoms with van der Waals surface area (Å²) in [6.07, 6.45) is 3.42. The van der Waals surface area contributed by atoms with Gasteiger partial charge in [0, 0.05) is 45.8 Å². The number of carbonyl (C=O) groups is 1. The number of benzene rings is 1. The van der Waals surface area contributed by atoms with Crippen LogP contribution in [0.1, 0.15) is 24.8 Å². The van der Waals surface area contributed by atoms with E-state index in [4.69, 9.17) is 0 Å². The summed E-state index contributed by atoms with van der Waals surface area (Å²) in [6.45, 7) is 7.22. The lowest BCUT2D eigenvalue weighted by molar-refractivity contribution is -0.124. The molecule has 0 aliphatic carbocycles. The molecule has 7 nitrogen and oxygen atoms in total. The average Bonchev–Trinajstić information content (AvgIpc) is 3.18. The molecular formula is C20H32N4O3S. The van der Waals surface area contributed by atoms with Crippen molar-refractivity contribution in [2.75, 3.05) is 52.1 Å². The van der Waals surface area contributed by atoms with Gasteiger partial charge in [-0.15, -0.1) is 0 Å². The van der Waals surface area contributed by atoms with Crippen LogP contribution in [0.25, 0.3) is 0 Å². The van der Waals surface area contributed by atoms with Crippen LogP contribution in [0, 0.1) is 0 Å². The third-order valence-electron chi connectivity index (χ3n) is 5.60. The number of carbonyl (C=O) groups excluding carboxylic acids is 1. The molecule has 1 atom stereocenters. The van der Waals surface area contributed by atoms with Gasteiger partial charge in [0.1, 0.15) is 6.04 Å². The van der Waals surface area contributed by atoms with Crippen molar-refractivity contribution in [3.8, 4) is 0 Å². The Balaban J connectivity index is 1.31. The molecule has 0 saturated carbocycles. The van der Waals surface area contributed by atoms with Gasteiger partial charge >= 0.3 is 0 Å². The van der Waals surface area contributed by atoms with Crippen LogP contribution in [-0.2, 0) is 21.4 Å². The van der Waals surface area contributed by atoms with Gasteiger partial charge in [-0.05, 0) is 31.4 Å². The van der Waals surface area contributed by atoms with Crippen molar-refractivity contribution in [3.63, 3.8) is 0 Å². The second kappa shape index (κ2) is 9.82. The molecule has 1 aromatic rings. The van der Waals surface area contributed by atoms with Gasteiger partial charge in [-0.3, -0.25) is 9.69 Å². The number of piperazine rings is 1. The predicted molar refractivity (Wildman–Crippen MR) is 110 cm³/mol. The maximum absolute atomic E-state index is 12.3. The van der Waals surface area contributed by atoms with Gasteiger partial charge in [-0.1, -0.05) is 30.3 Å². The molecule has 156 valence electrons. The quantitative estimate of drug-likeness (QED) is 0.642. The highest BCUT2D eigenvalue weighted by Crippen LogP contribution is 2.20. The molecule has 2 fully saturated rings. The molecule has 1 N–H and O–H groups in total. The van der Waals surface area contributed by atoms with Crippen LogP contribution < -0.4 is 5.32 Å². The Morgan fingerprint density at radius 2 is 1.75 bits per heavy atom. The van der Waals surface area contributed by atoms with Gasteiger partial charge < -0.3 is 10.2 Å². The molecule has 2 heterocycles. The minimum atomic E-state index is -3.31. The molecule has 2 saturated heterocycles. The van der Waals surface area contributed by atoms with Crippen LogP contribution in [0.3, 0.4) is 0 Å². The van der Waals surface area contributed by atoms with Gasteiger partial charge in [-0.2, -0.15) is 4.31 Å². The fourth-order valence-corrected chi connectivity index (χ4v) is 5.17. The zero-order valence-electron chi connectivity index (χ0n) is 16.7. The standard InChI is InChI=1S/C20H32N4O3S/c1-28(26,27)24-12-5-9-19(24)20(25)21-10-6-11-22-13-15-23(16-14-22)17-18-7-3-2-4-8-18/h2-4,7-8,19H,5-6,9-17H2,1H3,(H,21,25). The van der Waals surface area contributed by atoms with E-state index in [0.29, 0.717) is 19.5 Å². The highest BCUT2D eigenvalue weighted by molar-refractivity contribution is 7.88. The molecular weight excluding hydrogens is 376 g/mol. The Labute approximate surface area is 168 Å². The molecule has 2 aliphatic rings. The fourth-order valence-electron chi connectivity index (χ4n) is 4.04. The summed E-state index contributed by atoms with van der Waals surface area (Å²) in [6, 6.07) is 10.0. The van der Waals surface area contributed by atoms with Crippen molar-refractivity contribution in [1.29, 1.82) is 0 Å². The summed E-state index contributed by atoms with van der Waals surface area (Å²) in [4.78, 5) is 17.2. The SMILES string of the molecule is CS(=O)(=O)N1CCCC1C(=O)NCCCN1CCN(Cc2ccccc2)CC1. The summed E-state index contributed by atoms with van der Waals surface area (Å²) in [5, 5.41) is 2.93. The van der Waals surface area contributed by atoms with E-state index in [-0.39, 0.29) is 5.91 Å². The summed E-state index contributed by atoms with van der Waals surface area (Å²) in [7, 11) is -3.31. The molecule has 28 heavy (non-hydrogen) atoms. The molecule has 3 rings (SSSR count). The van der Waals surface area contributed by atoms with Crippen molar-refractivity contribution < 1.29 is 13.2 Å². The highest BCUT2D eigenvalue weighted by Gasteiger charge is 2.36. The fraction of sp³-hybridized carbons (Fsp3) is 0.650. The van der Waals surface area contributed by atoms with E-state index in [2.05, 4.69) is 39.4 Å². The van der Waals surface area contributed by atoms with Crippen LogP contribution in [0.4, 0.5) is 0 Å². The van der Waals surface area contributed by atoms with Crippen LogP contribution in [-0.4, -0.2) is 86.5 Å². The van der Waals surface area contributed by atoms with Crippen molar-refractivity contribution in [1.82, 2.24) is 19.4 Å². The topological polar surface area (TPSA) is 73.0 Å². The van der Waals surface area contributed by atoms with Crippen molar-refractivity contribution in [2.45, 2.75) is 31.8 Å². The van der Waals surface area contributed by atoms with Crippen LogP contribution in [0.2, 0.25) is 0 Å². The lowest BCUT2D eigenvalue weighted by Crippen LogP contribution is -2.47. The monoisotopic (exact) mass is 408 g/mol. The second-order valence-corrected chi connectivity index (χ2v) is 9.71. The molecule has 0 aromatic heterocycles. The minimum Gasteiger partial charge on any atom is -0.355 e. The van der Waals surface area contributed by atoms with E-state index in [0.717, 1.165) is 52.1 Å². The first-order valence-electron chi connectivity index (χ1n) is 10.2. The van der Waals surface area contributed by atoms with Crippen LogP contribution in [0.5, 0.6) is 0 Å². The summed E-state index contributed by atoms with van der Waals surface area (Å²) in [5.74, 6) is -0.157. The predicted octanol–water partition coefficient (Wildman–Crippen LogP) is 0.735. The average molecular weight is 409 g/mol. The first-order chi connectivity index (χ1) is 13.4. The number of nitrogens with zero attached hydrogens (tertiary/aromatic N) is 3. The van der Waals surface area contributed by atoms with Gasteiger partial charge in [0.05, 0.1) is 6.26 Å². The number of amides is 1. The Kier molecular flexibility index (Phi) is 7.45. The van der Waals surface area contributed by atoms with Gasteiger partial charge in [0.25, 0.3) is 0 Å². The van der Waals surface area contributed by atoms with Crippen LogP contribution >= 0.6 is 0 Å². The Morgan fingerprint density at radius 3 is 2.43 bits per heavy atom. The third-order valence-corrected chi connectivity index (χ3v) is 6.89. The Hall–Kier alpha value is -1.48. The second-order valence-electron chi connectivity index (χ2n) is 7.78. The first kappa shape index (κ1) is 21.2. The van der Waals surface area contributed by atoms with E-state index in [9.17, 15) is 13.2 Å². The minimum absolute atomic E-state index is 0.157. The van der Waals surface area contributed by atoms with E-state index >= 15 is 0 Å². The molecule has 0 spiro atoms. The van der Waals surface area contributed by atoms with Gasteiger partial charge in [0.15, 0.2) is 0 Å². The summed E-state index contributed by atoms with van der Waals surface area (Å²) >= 11 is 0. The largest absolute Gasteiger partial charge is 0.355 e. The van der Waals surface area contributed by atoms with Crippen LogP contribution in [0.15, 0.2) is 30.3 Å². The number of sulfonamides is 1. The zero-order valence-corrected chi connectivity index (χ0v) is 17.5. The van der Waals surface area contributed by atoms with Gasteiger partial charge in [0.2, 0.25) is 15.9 Å². The number of hydrogen-bond donors (Lipinski definition) is 1. The normalized spacial score (nSPS) is 22.4. The Bertz CT molecular complexity index is 733. The van der Waals surface area contributed by atoms with Crippen molar-refractivity contribution >= 4 is 15.9 Å². The maximum atomic E-state index is 12.3. The lowest BCUT2D eigenvalue weighted by atomic mass is 10.2. The smallest absolute Gasteiger partial charge is 0.238 e. The van der Waals surface area contributed by atoms with Crippen molar-refractivity contribution in [3.05, 3.63) is 35.9 Å². The molecule has 0 bridgehead atoms. The van der Waals surface area contributed by atoms with Crippen molar-refractivity contribution in [2.24, 2.45) is 0 Å².